The van der Waals surface area contributed by atoms with Gasteiger partial charge >= 0.3 is 0 Å². The van der Waals surface area contributed by atoms with Gasteiger partial charge in [0.2, 0.25) is 11.8 Å². The van der Waals surface area contributed by atoms with Crippen LogP contribution in [0.2, 0.25) is 0 Å². The number of nitrogens with two attached hydrogens (primary N) is 1. The zero-order valence-electron chi connectivity index (χ0n) is 18.0. The Kier molecular flexibility index (Phi) is 6.21. The molecule has 1 aliphatic rings. The SMILES string of the molecule is COc1cc(CN2CCN(CCO)CC2)ccc1Cn1nc(C)c2nc(N)nc(O)c21. The van der Waals surface area contributed by atoms with Gasteiger partial charge in [-0.3, -0.25) is 14.5 Å². The Morgan fingerprint density at radius 3 is 2.55 bits per heavy atom. The third-order valence-electron chi connectivity index (χ3n) is 5.71. The van der Waals surface area contributed by atoms with Crippen molar-refractivity contribution in [3.8, 4) is 11.6 Å². The summed E-state index contributed by atoms with van der Waals surface area (Å²) in [6.07, 6.45) is 0. The second-order valence-electron chi connectivity index (χ2n) is 7.83. The van der Waals surface area contributed by atoms with Gasteiger partial charge in [0.05, 0.1) is 26.0 Å². The van der Waals surface area contributed by atoms with Crippen molar-refractivity contribution in [3.63, 3.8) is 0 Å². The van der Waals surface area contributed by atoms with Crippen LogP contribution in [0.15, 0.2) is 18.2 Å². The van der Waals surface area contributed by atoms with Gasteiger partial charge in [-0.05, 0) is 18.6 Å². The molecule has 0 amide bonds. The van der Waals surface area contributed by atoms with Gasteiger partial charge in [-0.1, -0.05) is 12.1 Å². The van der Waals surface area contributed by atoms with Gasteiger partial charge in [0.25, 0.3) is 0 Å². The van der Waals surface area contributed by atoms with Crippen LogP contribution in [-0.2, 0) is 13.1 Å². The van der Waals surface area contributed by atoms with Gasteiger partial charge < -0.3 is 20.7 Å². The lowest BCUT2D eigenvalue weighted by atomic mass is 10.1. The number of nitrogens with zero attached hydrogens (tertiary/aromatic N) is 6. The van der Waals surface area contributed by atoms with Gasteiger partial charge in [-0.2, -0.15) is 10.1 Å². The van der Waals surface area contributed by atoms with Crippen LogP contribution in [-0.4, -0.2) is 86.2 Å². The summed E-state index contributed by atoms with van der Waals surface area (Å²) in [6, 6.07) is 6.20. The number of hydrogen-bond acceptors (Lipinski definition) is 9. The molecule has 1 aromatic carbocycles. The zero-order chi connectivity index (χ0) is 22.0. The molecular weight excluding hydrogens is 398 g/mol. The van der Waals surface area contributed by atoms with Crippen molar-refractivity contribution in [3.05, 3.63) is 35.0 Å². The van der Waals surface area contributed by atoms with E-state index in [1.165, 1.54) is 5.56 Å². The summed E-state index contributed by atoms with van der Waals surface area (Å²) in [6.45, 7) is 7.93. The van der Waals surface area contributed by atoms with E-state index in [1.807, 2.05) is 13.0 Å². The summed E-state index contributed by atoms with van der Waals surface area (Å²) in [4.78, 5) is 12.8. The molecule has 1 saturated heterocycles. The number of β-amino-alcohol motifs (C(OH)–C–C–N with tert-alkyl or cyclic N) is 1. The van der Waals surface area contributed by atoms with Gasteiger partial charge in [-0.25, -0.2) is 4.98 Å². The number of rotatable bonds is 7. The molecule has 3 aromatic rings. The number of aromatic nitrogens is 4. The second-order valence-corrected chi connectivity index (χ2v) is 7.83. The van der Waals surface area contributed by atoms with E-state index < -0.39 is 0 Å². The Labute approximate surface area is 180 Å². The zero-order valence-corrected chi connectivity index (χ0v) is 18.0. The third kappa shape index (κ3) is 4.55. The minimum atomic E-state index is -0.181. The molecule has 3 heterocycles. The average Bonchev–Trinajstić information content (AvgIpc) is 3.06. The van der Waals surface area contributed by atoms with Crippen molar-refractivity contribution in [1.29, 1.82) is 0 Å². The highest BCUT2D eigenvalue weighted by atomic mass is 16.5. The standard InChI is InChI=1S/C21H29N7O3/c1-14-18-19(20(30)24-21(22)23-18)28(25-14)13-16-4-3-15(11-17(16)31-2)12-27-7-5-26(6-8-27)9-10-29/h3-4,11,29H,5-10,12-13H2,1-2H3,(H3,22,23,24,30). The monoisotopic (exact) mass is 427 g/mol. The first kappa shape index (κ1) is 21.3. The van der Waals surface area contributed by atoms with E-state index in [9.17, 15) is 5.11 Å². The van der Waals surface area contributed by atoms with E-state index in [2.05, 4.69) is 37.0 Å². The summed E-state index contributed by atoms with van der Waals surface area (Å²) in [7, 11) is 1.66. The fourth-order valence-corrected chi connectivity index (χ4v) is 4.09. The van der Waals surface area contributed by atoms with E-state index in [4.69, 9.17) is 15.6 Å². The van der Waals surface area contributed by atoms with Crippen molar-refractivity contribution in [2.45, 2.75) is 20.0 Å². The highest BCUT2D eigenvalue weighted by Crippen LogP contribution is 2.28. The molecule has 2 aromatic heterocycles. The minimum absolute atomic E-state index is 0.0202. The first-order valence-electron chi connectivity index (χ1n) is 10.4. The van der Waals surface area contributed by atoms with Gasteiger partial charge in [-0.15, -0.1) is 0 Å². The molecule has 4 N–H and O–H groups in total. The molecule has 0 aliphatic carbocycles. The molecule has 31 heavy (non-hydrogen) atoms. The number of aliphatic hydroxyl groups excluding tert-OH is 1. The maximum Gasteiger partial charge on any atom is 0.242 e. The predicted molar refractivity (Wildman–Crippen MR) is 117 cm³/mol. The summed E-state index contributed by atoms with van der Waals surface area (Å²) >= 11 is 0. The van der Waals surface area contributed by atoms with E-state index in [-0.39, 0.29) is 18.4 Å². The number of piperazine rings is 1. The largest absolute Gasteiger partial charge is 0.496 e. The van der Waals surface area contributed by atoms with E-state index in [1.54, 1.807) is 11.8 Å². The van der Waals surface area contributed by atoms with Gasteiger partial charge in [0.15, 0.2) is 0 Å². The number of anilines is 1. The average molecular weight is 428 g/mol. The van der Waals surface area contributed by atoms with Crippen LogP contribution in [0.1, 0.15) is 16.8 Å². The molecule has 0 spiro atoms. The number of aliphatic hydroxyl groups is 1. The van der Waals surface area contributed by atoms with Crippen molar-refractivity contribution >= 4 is 17.0 Å². The Hall–Kier alpha value is -2.95. The Balaban J connectivity index is 1.51. The first-order valence-corrected chi connectivity index (χ1v) is 10.4. The highest BCUT2D eigenvalue weighted by Gasteiger charge is 2.19. The van der Waals surface area contributed by atoms with Crippen molar-refractivity contribution in [1.82, 2.24) is 29.5 Å². The maximum atomic E-state index is 10.3. The number of ether oxygens (including phenoxy) is 1. The van der Waals surface area contributed by atoms with Gasteiger partial charge in [0, 0.05) is 44.8 Å². The van der Waals surface area contributed by atoms with Crippen LogP contribution in [0, 0.1) is 6.92 Å². The molecule has 4 rings (SSSR count). The van der Waals surface area contributed by atoms with Crippen LogP contribution in [0.3, 0.4) is 0 Å². The molecule has 1 fully saturated rings. The highest BCUT2D eigenvalue weighted by molar-refractivity contribution is 5.82. The Morgan fingerprint density at radius 2 is 1.84 bits per heavy atom. The number of methoxy groups -OCH3 is 1. The first-order chi connectivity index (χ1) is 15.0. The van der Waals surface area contributed by atoms with Crippen LogP contribution in [0.5, 0.6) is 11.6 Å². The summed E-state index contributed by atoms with van der Waals surface area (Å²) in [5.74, 6) is 0.611. The molecule has 166 valence electrons. The summed E-state index contributed by atoms with van der Waals surface area (Å²) < 4.78 is 7.33. The number of aryl methyl sites for hydroxylation is 1. The molecule has 1 aliphatic heterocycles. The number of hydrogen-bond donors (Lipinski definition) is 3. The number of aromatic hydroxyl groups is 1. The van der Waals surface area contributed by atoms with Crippen LogP contribution >= 0.6 is 0 Å². The lowest BCUT2D eigenvalue weighted by Gasteiger charge is -2.34. The molecule has 0 radical (unpaired) electrons. The van der Waals surface area contributed by atoms with Crippen LogP contribution < -0.4 is 10.5 Å². The van der Waals surface area contributed by atoms with E-state index in [0.29, 0.717) is 23.3 Å². The molecule has 0 unspecified atom stereocenters. The quantitative estimate of drug-likeness (QED) is 0.497. The summed E-state index contributed by atoms with van der Waals surface area (Å²) in [5.41, 5.74) is 9.46. The van der Waals surface area contributed by atoms with Crippen molar-refractivity contribution < 1.29 is 14.9 Å². The lowest BCUT2D eigenvalue weighted by Crippen LogP contribution is -2.46. The topological polar surface area (TPSA) is 126 Å². The Bertz CT molecular complexity index is 1060. The molecule has 0 bridgehead atoms. The maximum absolute atomic E-state index is 10.3. The van der Waals surface area contributed by atoms with Gasteiger partial charge in [0.1, 0.15) is 16.8 Å². The normalized spacial score (nSPS) is 15.6. The molecule has 0 atom stereocenters. The molecule has 10 nitrogen and oxygen atoms in total. The fourth-order valence-electron chi connectivity index (χ4n) is 4.09. The predicted octanol–water partition coefficient (Wildman–Crippen LogP) is 0.589. The molecule has 0 saturated carbocycles. The summed E-state index contributed by atoms with van der Waals surface area (Å²) in [5, 5.41) is 23.9. The number of nitrogen functional groups attached to an aromatic ring is 1. The van der Waals surface area contributed by atoms with E-state index >= 15 is 0 Å². The number of fused-ring (bicyclic) bond motifs is 1. The molecule has 10 heteroatoms. The van der Waals surface area contributed by atoms with Crippen molar-refractivity contribution in [2.24, 2.45) is 0 Å². The molecular formula is C21H29N7O3. The second kappa shape index (κ2) is 9.04. The smallest absolute Gasteiger partial charge is 0.242 e. The van der Waals surface area contributed by atoms with Crippen LogP contribution in [0.4, 0.5) is 5.95 Å². The minimum Gasteiger partial charge on any atom is -0.496 e. The van der Waals surface area contributed by atoms with Crippen molar-refractivity contribution in [2.75, 3.05) is 52.2 Å². The van der Waals surface area contributed by atoms with E-state index in [0.717, 1.165) is 50.6 Å². The number of benzene rings is 1. The lowest BCUT2D eigenvalue weighted by molar-refractivity contribution is 0.108. The third-order valence-corrected chi connectivity index (χ3v) is 5.71. The Morgan fingerprint density at radius 1 is 1.10 bits per heavy atom. The fraction of sp³-hybridized carbons (Fsp3) is 0.476. The van der Waals surface area contributed by atoms with Crippen LogP contribution in [0.25, 0.3) is 11.0 Å².